The predicted molar refractivity (Wildman–Crippen MR) is 88.3 cm³/mol. The number of para-hydroxylation sites is 1. The highest BCUT2D eigenvalue weighted by molar-refractivity contribution is 7.13. The fourth-order valence-electron chi connectivity index (χ4n) is 1.88. The number of aromatic nitrogens is 1. The number of ether oxygens (including phenoxy) is 1. The number of aryl methyl sites for hydroxylation is 2. The van der Waals surface area contributed by atoms with Crippen molar-refractivity contribution in [2.45, 2.75) is 33.3 Å². The first-order valence-corrected chi connectivity index (χ1v) is 8.21. The van der Waals surface area contributed by atoms with Crippen LogP contribution in [0.15, 0.2) is 24.3 Å². The van der Waals surface area contributed by atoms with Gasteiger partial charge in [-0.1, -0.05) is 19.1 Å². The van der Waals surface area contributed by atoms with Crippen LogP contribution in [-0.4, -0.2) is 22.9 Å². The molecule has 2 N–H and O–H groups in total. The number of hydrazine groups is 1. The third kappa shape index (κ3) is 4.29. The minimum Gasteiger partial charge on any atom is -0.478 e. The summed E-state index contributed by atoms with van der Waals surface area (Å²) in [4.78, 5) is 28.7. The Morgan fingerprint density at radius 2 is 2.04 bits per heavy atom. The summed E-state index contributed by atoms with van der Waals surface area (Å²) in [5.41, 5.74) is 5.19. The molecular formula is C16H18FN3O3S. The number of thiazole rings is 1. The Hall–Kier alpha value is -2.48. The molecule has 1 aromatic carbocycles. The predicted octanol–water partition coefficient (Wildman–Crippen LogP) is 2.38. The fourth-order valence-corrected chi connectivity index (χ4v) is 2.77. The molecule has 2 amide bonds. The highest BCUT2D eigenvalue weighted by Crippen LogP contribution is 2.18. The molecule has 8 heteroatoms. The minimum absolute atomic E-state index is 0.0302. The van der Waals surface area contributed by atoms with Crippen molar-refractivity contribution >= 4 is 23.2 Å². The second kappa shape index (κ2) is 7.87. The molecule has 0 saturated heterocycles. The van der Waals surface area contributed by atoms with Crippen LogP contribution >= 0.6 is 11.3 Å². The molecule has 0 bridgehead atoms. The van der Waals surface area contributed by atoms with Crippen molar-refractivity contribution in [1.82, 2.24) is 15.8 Å². The average Bonchev–Trinajstić information content (AvgIpc) is 2.95. The van der Waals surface area contributed by atoms with Gasteiger partial charge in [-0.25, -0.2) is 9.37 Å². The Kier molecular flexibility index (Phi) is 5.86. The monoisotopic (exact) mass is 351 g/mol. The molecule has 0 saturated carbocycles. The molecule has 0 spiro atoms. The SMILES string of the molecule is CCc1nc(C)c(C(=O)NNC(=O)C(C)Oc2ccccc2F)s1. The zero-order valence-corrected chi connectivity index (χ0v) is 14.4. The van der Waals surface area contributed by atoms with E-state index in [1.807, 2.05) is 6.92 Å². The van der Waals surface area contributed by atoms with E-state index in [1.54, 1.807) is 13.0 Å². The lowest BCUT2D eigenvalue weighted by Crippen LogP contribution is -2.47. The highest BCUT2D eigenvalue weighted by Gasteiger charge is 2.19. The molecule has 128 valence electrons. The van der Waals surface area contributed by atoms with Crippen molar-refractivity contribution in [3.8, 4) is 5.75 Å². The lowest BCUT2D eigenvalue weighted by Gasteiger charge is -2.15. The van der Waals surface area contributed by atoms with Crippen LogP contribution in [0.2, 0.25) is 0 Å². The van der Waals surface area contributed by atoms with E-state index in [1.165, 1.54) is 36.5 Å². The molecule has 0 aliphatic rings. The lowest BCUT2D eigenvalue weighted by molar-refractivity contribution is -0.128. The van der Waals surface area contributed by atoms with Crippen LogP contribution in [0.3, 0.4) is 0 Å². The van der Waals surface area contributed by atoms with Crippen molar-refractivity contribution in [2.24, 2.45) is 0 Å². The van der Waals surface area contributed by atoms with Crippen molar-refractivity contribution < 1.29 is 18.7 Å². The number of halogens is 1. The van der Waals surface area contributed by atoms with E-state index in [-0.39, 0.29) is 5.75 Å². The number of nitrogens with zero attached hydrogens (tertiary/aromatic N) is 1. The standard InChI is InChI=1S/C16H18FN3O3S/c1-4-13-18-9(2)14(24-13)16(22)20-19-15(21)10(3)23-12-8-6-5-7-11(12)17/h5-8,10H,4H2,1-3H3,(H,19,21)(H,20,22). The molecule has 1 heterocycles. The van der Waals surface area contributed by atoms with E-state index in [0.717, 1.165) is 11.4 Å². The Morgan fingerprint density at radius 3 is 2.67 bits per heavy atom. The molecule has 2 rings (SSSR count). The van der Waals surface area contributed by atoms with Crippen molar-refractivity contribution in [3.05, 3.63) is 45.7 Å². The molecule has 0 aliphatic carbocycles. The number of nitrogens with one attached hydrogen (secondary N) is 2. The molecule has 1 atom stereocenters. The summed E-state index contributed by atoms with van der Waals surface area (Å²) in [7, 11) is 0. The van der Waals surface area contributed by atoms with Gasteiger partial charge in [0.15, 0.2) is 17.7 Å². The third-order valence-corrected chi connectivity index (χ3v) is 4.46. The molecule has 2 aromatic rings. The Labute approximate surface area is 143 Å². The van der Waals surface area contributed by atoms with Gasteiger partial charge in [-0.3, -0.25) is 20.4 Å². The molecular weight excluding hydrogens is 333 g/mol. The maximum atomic E-state index is 13.5. The summed E-state index contributed by atoms with van der Waals surface area (Å²) in [6.07, 6.45) is -0.241. The fraction of sp³-hybridized carbons (Fsp3) is 0.312. The number of rotatable bonds is 5. The van der Waals surface area contributed by atoms with E-state index in [4.69, 9.17) is 4.74 Å². The first kappa shape index (κ1) is 17.9. The molecule has 24 heavy (non-hydrogen) atoms. The second-order valence-electron chi connectivity index (χ2n) is 5.01. The van der Waals surface area contributed by atoms with Crippen molar-refractivity contribution in [2.75, 3.05) is 0 Å². The second-order valence-corrected chi connectivity index (χ2v) is 6.09. The summed E-state index contributed by atoms with van der Waals surface area (Å²) in [6.45, 7) is 5.14. The summed E-state index contributed by atoms with van der Waals surface area (Å²) in [6, 6.07) is 5.78. The average molecular weight is 351 g/mol. The maximum Gasteiger partial charge on any atom is 0.281 e. The van der Waals surface area contributed by atoms with E-state index >= 15 is 0 Å². The van der Waals surface area contributed by atoms with Gasteiger partial charge >= 0.3 is 0 Å². The quantitative estimate of drug-likeness (QED) is 0.811. The molecule has 1 unspecified atom stereocenters. The van der Waals surface area contributed by atoms with Crippen LogP contribution in [0.4, 0.5) is 4.39 Å². The Balaban J connectivity index is 1.91. The topological polar surface area (TPSA) is 80.3 Å². The van der Waals surface area contributed by atoms with Crippen molar-refractivity contribution in [3.63, 3.8) is 0 Å². The van der Waals surface area contributed by atoms with E-state index in [9.17, 15) is 14.0 Å². The van der Waals surface area contributed by atoms with E-state index < -0.39 is 23.7 Å². The Morgan fingerprint density at radius 1 is 1.33 bits per heavy atom. The van der Waals surface area contributed by atoms with Gasteiger partial charge in [-0.05, 0) is 32.4 Å². The molecule has 6 nitrogen and oxygen atoms in total. The molecule has 1 aromatic heterocycles. The van der Waals surface area contributed by atoms with Crippen molar-refractivity contribution in [1.29, 1.82) is 0 Å². The maximum absolute atomic E-state index is 13.5. The van der Waals surface area contributed by atoms with Crippen LogP contribution in [-0.2, 0) is 11.2 Å². The number of carbonyl (C=O) groups excluding carboxylic acids is 2. The van der Waals surface area contributed by atoms with Crippen LogP contribution in [0.5, 0.6) is 5.75 Å². The van der Waals surface area contributed by atoms with Gasteiger partial charge < -0.3 is 4.74 Å². The van der Waals surface area contributed by atoms with Gasteiger partial charge in [0.05, 0.1) is 10.7 Å². The summed E-state index contributed by atoms with van der Waals surface area (Å²) < 4.78 is 18.7. The van der Waals surface area contributed by atoms with Gasteiger partial charge in [0.2, 0.25) is 0 Å². The van der Waals surface area contributed by atoms with Gasteiger partial charge in [-0.15, -0.1) is 11.3 Å². The molecule has 0 radical (unpaired) electrons. The first-order valence-electron chi connectivity index (χ1n) is 7.40. The summed E-state index contributed by atoms with van der Waals surface area (Å²) in [5.74, 6) is -1.63. The lowest BCUT2D eigenvalue weighted by atomic mass is 10.3. The summed E-state index contributed by atoms with van der Waals surface area (Å²) in [5, 5.41) is 0.847. The van der Waals surface area contributed by atoms with Gasteiger partial charge in [0.25, 0.3) is 11.8 Å². The van der Waals surface area contributed by atoms with Crippen LogP contribution in [0.1, 0.15) is 34.2 Å². The Bertz CT molecular complexity index is 748. The number of amides is 2. The van der Waals surface area contributed by atoms with Gasteiger partial charge in [0, 0.05) is 0 Å². The smallest absolute Gasteiger partial charge is 0.281 e. The highest BCUT2D eigenvalue weighted by atomic mass is 32.1. The third-order valence-electron chi connectivity index (χ3n) is 3.16. The minimum atomic E-state index is -0.976. The largest absolute Gasteiger partial charge is 0.478 e. The normalized spacial score (nSPS) is 11.7. The van der Waals surface area contributed by atoms with E-state index in [0.29, 0.717) is 10.6 Å². The number of carbonyl (C=O) groups is 2. The van der Waals surface area contributed by atoms with Crippen LogP contribution < -0.4 is 15.6 Å². The number of benzene rings is 1. The first-order chi connectivity index (χ1) is 11.4. The zero-order valence-electron chi connectivity index (χ0n) is 13.6. The molecule has 0 fully saturated rings. The van der Waals surface area contributed by atoms with Gasteiger partial charge in [0.1, 0.15) is 4.88 Å². The van der Waals surface area contributed by atoms with E-state index in [2.05, 4.69) is 15.8 Å². The number of hydrogen-bond acceptors (Lipinski definition) is 5. The summed E-state index contributed by atoms with van der Waals surface area (Å²) >= 11 is 1.28. The zero-order chi connectivity index (χ0) is 17.7. The number of hydrogen-bond donors (Lipinski definition) is 2. The van der Waals surface area contributed by atoms with Crippen LogP contribution in [0.25, 0.3) is 0 Å². The van der Waals surface area contributed by atoms with Gasteiger partial charge in [-0.2, -0.15) is 0 Å². The molecule has 0 aliphatic heterocycles. The van der Waals surface area contributed by atoms with Crippen LogP contribution in [0, 0.1) is 12.7 Å².